The number of amides is 2. The summed E-state index contributed by atoms with van der Waals surface area (Å²) >= 11 is 0. The zero-order chi connectivity index (χ0) is 23.5. The molecule has 0 atom stereocenters. The van der Waals surface area contributed by atoms with Crippen LogP contribution in [0.2, 0.25) is 0 Å². The van der Waals surface area contributed by atoms with Crippen molar-refractivity contribution < 1.29 is 36.7 Å². The van der Waals surface area contributed by atoms with Crippen LogP contribution in [0.25, 0.3) is 11.0 Å². The van der Waals surface area contributed by atoms with Gasteiger partial charge in [0.1, 0.15) is 5.58 Å². The van der Waals surface area contributed by atoms with Crippen LogP contribution in [0.5, 0.6) is 0 Å². The number of hydrogen-bond donors (Lipinski definition) is 2. The van der Waals surface area contributed by atoms with E-state index in [-0.39, 0.29) is 6.42 Å². The summed E-state index contributed by atoms with van der Waals surface area (Å²) in [6.07, 6.45) is 4.48. The number of hydrogen-bond acceptors (Lipinski definition) is 5. The highest BCUT2D eigenvalue weighted by atomic mass is 19.2. The molecule has 0 saturated carbocycles. The van der Waals surface area contributed by atoms with E-state index in [4.69, 9.17) is 9.15 Å². The Kier molecular flexibility index (Phi) is 6.34. The molecule has 172 valence electrons. The first-order valence-corrected chi connectivity index (χ1v) is 10.2. The molecule has 0 bridgehead atoms. The van der Waals surface area contributed by atoms with Gasteiger partial charge in [-0.2, -0.15) is 0 Å². The summed E-state index contributed by atoms with van der Waals surface area (Å²) in [5.74, 6) is -6.97. The topological polar surface area (TPSA) is 97.6 Å². The zero-order valence-corrected chi connectivity index (χ0v) is 17.3. The van der Waals surface area contributed by atoms with Crippen LogP contribution in [0, 0.1) is 17.5 Å². The maximum absolute atomic E-state index is 13.6. The van der Waals surface area contributed by atoms with Gasteiger partial charge >= 0.3 is 5.97 Å². The minimum Gasteiger partial charge on any atom is -0.464 e. The predicted molar refractivity (Wildman–Crippen MR) is 111 cm³/mol. The van der Waals surface area contributed by atoms with Gasteiger partial charge in [-0.1, -0.05) is 0 Å². The Morgan fingerprint density at radius 3 is 2.55 bits per heavy atom. The number of anilines is 1. The smallest absolute Gasteiger partial charge is 0.310 e. The van der Waals surface area contributed by atoms with Gasteiger partial charge in [0.05, 0.1) is 24.9 Å². The molecular formula is C23H19F3N2O5. The molecule has 33 heavy (non-hydrogen) atoms. The second kappa shape index (κ2) is 9.35. The maximum Gasteiger partial charge on any atom is 0.310 e. The summed E-state index contributed by atoms with van der Waals surface area (Å²) < 4.78 is 50.1. The molecule has 0 fully saturated rings. The lowest BCUT2D eigenvalue weighted by Crippen LogP contribution is -2.35. The number of aryl methyl sites for hydroxylation is 2. The number of benzene rings is 2. The standard InChI is InChI=1S/C23H19F3N2O5/c24-16-4-5-17(23(26)22(16)25)28-19(29)9-27-20(30)11-33-21(31)8-14-10-32-18-7-13-3-1-2-12(13)6-15(14)18/h4-7,10H,1-3,8-9,11H2,(H,27,30)(H,28,29). The van der Waals surface area contributed by atoms with Crippen LogP contribution in [0.1, 0.15) is 23.1 Å². The van der Waals surface area contributed by atoms with Gasteiger partial charge in [0.15, 0.2) is 24.1 Å². The molecule has 1 aliphatic rings. The Morgan fingerprint density at radius 1 is 1.00 bits per heavy atom. The van der Waals surface area contributed by atoms with E-state index in [1.165, 1.54) is 17.4 Å². The molecule has 7 nitrogen and oxygen atoms in total. The molecule has 0 unspecified atom stereocenters. The van der Waals surface area contributed by atoms with E-state index < -0.39 is 54.1 Å². The number of ether oxygens (including phenoxy) is 1. The van der Waals surface area contributed by atoms with E-state index in [0.29, 0.717) is 17.2 Å². The average Bonchev–Trinajstić information content (AvgIpc) is 3.41. The first kappa shape index (κ1) is 22.4. The molecule has 3 aromatic rings. The number of furan rings is 1. The van der Waals surface area contributed by atoms with E-state index in [9.17, 15) is 27.6 Å². The van der Waals surface area contributed by atoms with Gasteiger partial charge in [-0.3, -0.25) is 14.4 Å². The predicted octanol–water partition coefficient (Wildman–Crippen LogP) is 3.18. The molecule has 2 N–H and O–H groups in total. The highest BCUT2D eigenvalue weighted by molar-refractivity contribution is 5.95. The Bertz CT molecular complexity index is 1250. The Hall–Kier alpha value is -3.82. The SMILES string of the molecule is O=C(COC(=O)Cc1coc2cc3c(cc12)CCC3)NCC(=O)Nc1ccc(F)c(F)c1F. The molecule has 1 aromatic heterocycles. The van der Waals surface area contributed by atoms with Crippen LogP contribution in [-0.4, -0.2) is 30.9 Å². The number of nitrogens with one attached hydrogen (secondary N) is 2. The van der Waals surface area contributed by atoms with Crippen molar-refractivity contribution >= 4 is 34.4 Å². The fourth-order valence-electron chi connectivity index (χ4n) is 3.68. The Labute approximate surface area is 185 Å². The lowest BCUT2D eigenvalue weighted by molar-refractivity contribution is -0.147. The van der Waals surface area contributed by atoms with Gasteiger partial charge in [0.25, 0.3) is 5.91 Å². The average molecular weight is 460 g/mol. The van der Waals surface area contributed by atoms with Crippen LogP contribution in [0.3, 0.4) is 0 Å². The fraction of sp³-hybridized carbons (Fsp3) is 0.261. The number of carbonyl (C=O) groups is 3. The molecule has 10 heteroatoms. The van der Waals surface area contributed by atoms with Crippen LogP contribution in [0.4, 0.5) is 18.9 Å². The highest BCUT2D eigenvalue weighted by Crippen LogP contribution is 2.30. The Morgan fingerprint density at radius 2 is 1.76 bits per heavy atom. The van der Waals surface area contributed by atoms with Crippen molar-refractivity contribution in [3.63, 3.8) is 0 Å². The fourth-order valence-corrected chi connectivity index (χ4v) is 3.68. The van der Waals surface area contributed by atoms with Crippen LogP contribution >= 0.6 is 0 Å². The van der Waals surface area contributed by atoms with Gasteiger partial charge in [-0.15, -0.1) is 0 Å². The van der Waals surface area contributed by atoms with Crippen molar-refractivity contribution in [3.05, 3.63) is 64.7 Å². The monoisotopic (exact) mass is 460 g/mol. The summed E-state index contributed by atoms with van der Waals surface area (Å²) in [6, 6.07) is 5.51. The van der Waals surface area contributed by atoms with E-state index in [1.54, 1.807) is 0 Å². The molecule has 4 rings (SSSR count). The highest BCUT2D eigenvalue weighted by Gasteiger charge is 2.18. The lowest BCUT2D eigenvalue weighted by Gasteiger charge is -2.09. The Balaban J connectivity index is 1.24. The van der Waals surface area contributed by atoms with Crippen LogP contribution in [0.15, 0.2) is 34.9 Å². The van der Waals surface area contributed by atoms with E-state index >= 15 is 0 Å². The second-order valence-corrected chi connectivity index (χ2v) is 7.62. The van der Waals surface area contributed by atoms with Crippen molar-refractivity contribution in [2.24, 2.45) is 0 Å². The number of esters is 1. The van der Waals surface area contributed by atoms with E-state index in [0.717, 1.165) is 30.7 Å². The summed E-state index contributed by atoms with van der Waals surface area (Å²) in [7, 11) is 0. The molecule has 0 radical (unpaired) electrons. The third-order valence-corrected chi connectivity index (χ3v) is 5.32. The number of carbonyl (C=O) groups excluding carboxylic acids is 3. The summed E-state index contributed by atoms with van der Waals surface area (Å²) in [4.78, 5) is 35.8. The van der Waals surface area contributed by atoms with Crippen LogP contribution in [-0.2, 0) is 38.4 Å². The van der Waals surface area contributed by atoms with Gasteiger partial charge in [-0.25, -0.2) is 13.2 Å². The van der Waals surface area contributed by atoms with Gasteiger partial charge in [-0.05, 0) is 54.7 Å². The molecule has 1 heterocycles. The molecule has 0 saturated heterocycles. The molecule has 0 aliphatic heterocycles. The summed E-state index contributed by atoms with van der Waals surface area (Å²) in [5.41, 5.74) is 3.26. The molecule has 0 spiro atoms. The third kappa shape index (κ3) is 5.00. The van der Waals surface area contributed by atoms with Gasteiger partial charge < -0.3 is 19.8 Å². The van der Waals surface area contributed by atoms with Crippen LogP contribution < -0.4 is 10.6 Å². The normalized spacial score (nSPS) is 12.5. The summed E-state index contributed by atoms with van der Waals surface area (Å²) in [5, 5.41) is 5.02. The van der Waals surface area contributed by atoms with Gasteiger partial charge in [0.2, 0.25) is 5.91 Å². The first-order chi connectivity index (χ1) is 15.8. The largest absolute Gasteiger partial charge is 0.464 e. The summed E-state index contributed by atoms with van der Waals surface area (Å²) in [6.45, 7) is -1.22. The minimum absolute atomic E-state index is 0.0883. The minimum atomic E-state index is -1.72. The van der Waals surface area contributed by atoms with Crippen molar-refractivity contribution in [1.29, 1.82) is 0 Å². The van der Waals surface area contributed by atoms with Crippen molar-refractivity contribution in [2.45, 2.75) is 25.7 Å². The zero-order valence-electron chi connectivity index (χ0n) is 17.3. The number of halogens is 3. The maximum atomic E-state index is 13.6. The first-order valence-electron chi connectivity index (χ1n) is 10.2. The number of rotatable bonds is 7. The van der Waals surface area contributed by atoms with E-state index in [2.05, 4.69) is 5.32 Å². The van der Waals surface area contributed by atoms with Crippen molar-refractivity contribution in [2.75, 3.05) is 18.5 Å². The number of fused-ring (bicyclic) bond motifs is 2. The van der Waals surface area contributed by atoms with Crippen molar-refractivity contribution in [1.82, 2.24) is 5.32 Å². The quantitative estimate of drug-likeness (QED) is 0.417. The third-order valence-electron chi connectivity index (χ3n) is 5.32. The molecule has 2 amide bonds. The van der Waals surface area contributed by atoms with Gasteiger partial charge in [0, 0.05) is 10.9 Å². The molecule has 1 aliphatic carbocycles. The second-order valence-electron chi connectivity index (χ2n) is 7.62. The van der Waals surface area contributed by atoms with Crippen molar-refractivity contribution in [3.8, 4) is 0 Å². The molecular weight excluding hydrogens is 441 g/mol. The molecule has 2 aromatic carbocycles. The van der Waals surface area contributed by atoms with E-state index in [1.807, 2.05) is 17.4 Å². The lowest BCUT2D eigenvalue weighted by atomic mass is 10.0.